The highest BCUT2D eigenvalue weighted by molar-refractivity contribution is 5.95. The van der Waals surface area contributed by atoms with E-state index in [1.807, 2.05) is 0 Å². The molecule has 2 rings (SSSR count). The molecule has 0 bridgehead atoms. The summed E-state index contributed by atoms with van der Waals surface area (Å²) in [5, 5.41) is 2.26. The van der Waals surface area contributed by atoms with Crippen LogP contribution in [0.2, 0.25) is 0 Å². The van der Waals surface area contributed by atoms with Crippen molar-refractivity contribution < 1.29 is 27.8 Å². The number of anilines is 1. The molecule has 7 heteroatoms. The number of para-hydroxylation sites is 1. The summed E-state index contributed by atoms with van der Waals surface area (Å²) in [4.78, 5) is 23.4. The number of amides is 1. The van der Waals surface area contributed by atoms with Crippen LogP contribution in [0.15, 0.2) is 42.5 Å². The van der Waals surface area contributed by atoms with Crippen molar-refractivity contribution in [2.24, 2.45) is 0 Å². The van der Waals surface area contributed by atoms with Gasteiger partial charge in [-0.3, -0.25) is 4.79 Å². The highest BCUT2D eigenvalue weighted by atomic mass is 19.1. The highest BCUT2D eigenvalue weighted by Crippen LogP contribution is 2.18. The first-order valence-corrected chi connectivity index (χ1v) is 6.56. The third-order valence-corrected chi connectivity index (χ3v) is 2.87. The first kappa shape index (κ1) is 16.4. The van der Waals surface area contributed by atoms with E-state index in [4.69, 9.17) is 9.47 Å². The maximum atomic E-state index is 13.5. The van der Waals surface area contributed by atoms with Crippen molar-refractivity contribution in [3.8, 4) is 5.75 Å². The Morgan fingerprint density at radius 2 is 1.83 bits per heavy atom. The van der Waals surface area contributed by atoms with E-state index in [1.54, 1.807) is 6.07 Å². The summed E-state index contributed by atoms with van der Waals surface area (Å²) in [6, 6.07) is 9.09. The SMILES string of the molecule is COc1ccc(C(=O)OCC(=O)Nc2ccccc2F)cc1F. The third kappa shape index (κ3) is 4.26. The van der Waals surface area contributed by atoms with Gasteiger partial charge in [0.2, 0.25) is 0 Å². The molecule has 0 fully saturated rings. The van der Waals surface area contributed by atoms with Crippen LogP contribution >= 0.6 is 0 Å². The number of hydrogen-bond donors (Lipinski definition) is 1. The van der Waals surface area contributed by atoms with Gasteiger partial charge in [-0.2, -0.15) is 0 Å². The average Bonchev–Trinajstić information content (AvgIpc) is 2.54. The Morgan fingerprint density at radius 1 is 1.09 bits per heavy atom. The number of halogens is 2. The van der Waals surface area contributed by atoms with Crippen molar-refractivity contribution in [1.29, 1.82) is 0 Å². The molecule has 0 heterocycles. The molecule has 0 aromatic heterocycles. The summed E-state index contributed by atoms with van der Waals surface area (Å²) in [6.07, 6.45) is 0. The number of carbonyl (C=O) groups is 2. The molecule has 0 aliphatic heterocycles. The normalized spacial score (nSPS) is 10.0. The van der Waals surface area contributed by atoms with Gasteiger partial charge in [0.05, 0.1) is 18.4 Å². The third-order valence-electron chi connectivity index (χ3n) is 2.87. The minimum absolute atomic E-state index is 0.0150. The van der Waals surface area contributed by atoms with Gasteiger partial charge >= 0.3 is 5.97 Å². The van der Waals surface area contributed by atoms with Gasteiger partial charge in [0.15, 0.2) is 18.2 Å². The monoisotopic (exact) mass is 321 g/mol. The summed E-state index contributed by atoms with van der Waals surface area (Å²) in [5.41, 5.74) is -0.0916. The predicted octanol–water partition coefficient (Wildman–Crippen LogP) is 2.77. The van der Waals surface area contributed by atoms with Crippen LogP contribution in [0.4, 0.5) is 14.5 Å². The van der Waals surface area contributed by atoms with Crippen molar-refractivity contribution in [2.75, 3.05) is 19.0 Å². The second kappa shape index (κ2) is 7.35. The number of methoxy groups -OCH3 is 1. The van der Waals surface area contributed by atoms with Crippen LogP contribution in [-0.4, -0.2) is 25.6 Å². The van der Waals surface area contributed by atoms with Gasteiger partial charge in [-0.25, -0.2) is 13.6 Å². The number of benzene rings is 2. The standard InChI is InChI=1S/C16H13F2NO4/c1-22-14-7-6-10(8-12(14)18)16(21)23-9-15(20)19-13-5-3-2-4-11(13)17/h2-8H,9H2,1H3,(H,19,20). The molecule has 0 saturated heterocycles. The molecular formula is C16H13F2NO4. The van der Waals surface area contributed by atoms with Crippen molar-refractivity contribution in [1.82, 2.24) is 0 Å². The molecule has 0 atom stereocenters. The minimum atomic E-state index is -0.879. The Bertz CT molecular complexity index is 734. The van der Waals surface area contributed by atoms with E-state index in [2.05, 4.69) is 5.32 Å². The molecule has 23 heavy (non-hydrogen) atoms. The average molecular weight is 321 g/mol. The van der Waals surface area contributed by atoms with Gasteiger partial charge in [-0.15, -0.1) is 0 Å². The second-order valence-electron chi connectivity index (χ2n) is 4.45. The molecule has 1 amide bonds. The van der Waals surface area contributed by atoms with Crippen LogP contribution in [0.25, 0.3) is 0 Å². The Hall–Kier alpha value is -2.96. The fourth-order valence-corrected chi connectivity index (χ4v) is 1.76. The molecule has 0 aliphatic carbocycles. The molecule has 2 aromatic rings. The molecule has 2 aromatic carbocycles. The van der Waals surface area contributed by atoms with Crippen molar-refractivity contribution in [2.45, 2.75) is 0 Å². The van der Waals surface area contributed by atoms with Crippen LogP contribution < -0.4 is 10.1 Å². The van der Waals surface area contributed by atoms with E-state index in [1.165, 1.54) is 37.4 Å². The number of carbonyl (C=O) groups excluding carboxylic acids is 2. The van der Waals surface area contributed by atoms with Crippen LogP contribution in [0.3, 0.4) is 0 Å². The lowest BCUT2D eigenvalue weighted by atomic mass is 10.2. The molecule has 120 valence electrons. The highest BCUT2D eigenvalue weighted by Gasteiger charge is 2.14. The molecule has 0 saturated carbocycles. The largest absolute Gasteiger partial charge is 0.494 e. The first-order chi connectivity index (χ1) is 11.0. The van der Waals surface area contributed by atoms with Gasteiger partial charge < -0.3 is 14.8 Å². The van der Waals surface area contributed by atoms with E-state index in [0.29, 0.717) is 0 Å². The van der Waals surface area contributed by atoms with E-state index < -0.39 is 30.1 Å². The lowest BCUT2D eigenvalue weighted by Gasteiger charge is -2.08. The van der Waals surface area contributed by atoms with Crippen LogP contribution in [0.5, 0.6) is 5.75 Å². The Kier molecular flexibility index (Phi) is 5.24. The molecule has 1 N–H and O–H groups in total. The predicted molar refractivity (Wildman–Crippen MR) is 78.3 cm³/mol. The van der Waals surface area contributed by atoms with Gasteiger partial charge in [-0.05, 0) is 30.3 Å². The number of nitrogens with one attached hydrogen (secondary N) is 1. The first-order valence-electron chi connectivity index (χ1n) is 6.56. The fourth-order valence-electron chi connectivity index (χ4n) is 1.76. The van der Waals surface area contributed by atoms with Crippen LogP contribution in [-0.2, 0) is 9.53 Å². The zero-order chi connectivity index (χ0) is 16.8. The summed E-state index contributed by atoms with van der Waals surface area (Å²) < 4.78 is 36.3. The van der Waals surface area contributed by atoms with Crippen LogP contribution in [0, 0.1) is 11.6 Å². The fraction of sp³-hybridized carbons (Fsp3) is 0.125. The Labute approximate surface area is 130 Å². The van der Waals surface area contributed by atoms with E-state index >= 15 is 0 Å². The smallest absolute Gasteiger partial charge is 0.338 e. The maximum Gasteiger partial charge on any atom is 0.338 e. The number of hydrogen-bond acceptors (Lipinski definition) is 4. The zero-order valence-electron chi connectivity index (χ0n) is 12.1. The van der Waals surface area contributed by atoms with E-state index in [9.17, 15) is 18.4 Å². The van der Waals surface area contributed by atoms with Crippen molar-refractivity contribution >= 4 is 17.6 Å². The Balaban J connectivity index is 1.92. The summed E-state index contributed by atoms with van der Waals surface area (Å²) in [7, 11) is 1.30. The number of ether oxygens (including phenoxy) is 2. The summed E-state index contributed by atoms with van der Waals surface area (Å²) in [5.74, 6) is -2.94. The van der Waals surface area contributed by atoms with Crippen LogP contribution in [0.1, 0.15) is 10.4 Å². The number of rotatable bonds is 5. The summed E-state index contributed by atoms with van der Waals surface area (Å²) in [6.45, 7) is -0.624. The number of esters is 1. The van der Waals surface area contributed by atoms with Gasteiger partial charge in [0, 0.05) is 0 Å². The lowest BCUT2D eigenvalue weighted by Crippen LogP contribution is -2.21. The molecular weight excluding hydrogens is 308 g/mol. The van der Waals surface area contributed by atoms with E-state index in [0.717, 1.165) is 6.07 Å². The van der Waals surface area contributed by atoms with Gasteiger partial charge in [0.1, 0.15) is 5.82 Å². The molecule has 5 nitrogen and oxygen atoms in total. The van der Waals surface area contributed by atoms with E-state index in [-0.39, 0.29) is 17.0 Å². The zero-order valence-corrected chi connectivity index (χ0v) is 12.1. The topological polar surface area (TPSA) is 64.6 Å². The quantitative estimate of drug-likeness (QED) is 0.860. The lowest BCUT2D eigenvalue weighted by molar-refractivity contribution is -0.119. The summed E-state index contributed by atoms with van der Waals surface area (Å²) >= 11 is 0. The Morgan fingerprint density at radius 3 is 2.48 bits per heavy atom. The van der Waals surface area contributed by atoms with Gasteiger partial charge in [0.25, 0.3) is 5.91 Å². The van der Waals surface area contributed by atoms with Crippen molar-refractivity contribution in [3.63, 3.8) is 0 Å². The molecule has 0 radical (unpaired) electrons. The van der Waals surface area contributed by atoms with Crippen molar-refractivity contribution in [3.05, 3.63) is 59.7 Å². The molecule has 0 aliphatic rings. The minimum Gasteiger partial charge on any atom is -0.494 e. The van der Waals surface area contributed by atoms with Gasteiger partial charge in [-0.1, -0.05) is 12.1 Å². The second-order valence-corrected chi connectivity index (χ2v) is 4.45. The molecule has 0 unspecified atom stereocenters. The maximum absolute atomic E-state index is 13.5. The molecule has 0 spiro atoms.